The molecule has 1 fully saturated rings. The third kappa shape index (κ3) is 3.02. The molecule has 1 saturated carbocycles. The van der Waals surface area contributed by atoms with Crippen LogP contribution in [-0.4, -0.2) is 11.7 Å². The SMILES string of the molecule is NC1CCC(F)(Cc2ccc(Br)s2)CC1. The first-order valence-electron chi connectivity index (χ1n) is 5.26. The van der Waals surface area contributed by atoms with E-state index in [1.165, 1.54) is 0 Å². The highest BCUT2D eigenvalue weighted by Gasteiger charge is 2.34. The zero-order valence-electron chi connectivity index (χ0n) is 8.51. The quantitative estimate of drug-likeness (QED) is 0.884. The van der Waals surface area contributed by atoms with E-state index >= 15 is 0 Å². The minimum atomic E-state index is -1.01. The van der Waals surface area contributed by atoms with Crippen molar-refractivity contribution in [3.05, 3.63) is 20.8 Å². The fraction of sp³-hybridized carbons (Fsp3) is 0.636. The minimum Gasteiger partial charge on any atom is -0.328 e. The first kappa shape index (κ1) is 11.6. The second-order valence-corrected chi connectivity index (χ2v) is 6.92. The van der Waals surface area contributed by atoms with Crippen molar-refractivity contribution in [3.63, 3.8) is 0 Å². The molecule has 0 aliphatic heterocycles. The molecule has 0 saturated heterocycles. The van der Waals surface area contributed by atoms with Crippen LogP contribution in [0.25, 0.3) is 0 Å². The van der Waals surface area contributed by atoms with Crippen molar-refractivity contribution >= 4 is 27.3 Å². The van der Waals surface area contributed by atoms with Gasteiger partial charge in [0.05, 0.1) is 3.79 Å². The van der Waals surface area contributed by atoms with Crippen molar-refractivity contribution in [1.82, 2.24) is 0 Å². The zero-order chi connectivity index (χ0) is 10.9. The predicted molar refractivity (Wildman–Crippen MR) is 66.0 cm³/mol. The van der Waals surface area contributed by atoms with Crippen LogP contribution in [0, 0.1) is 0 Å². The molecule has 1 nitrogen and oxygen atoms in total. The van der Waals surface area contributed by atoms with Crippen LogP contribution in [0.5, 0.6) is 0 Å². The summed E-state index contributed by atoms with van der Waals surface area (Å²) >= 11 is 5.03. The van der Waals surface area contributed by atoms with Crippen LogP contribution in [0.15, 0.2) is 15.9 Å². The normalized spacial score (nSPS) is 31.8. The van der Waals surface area contributed by atoms with Gasteiger partial charge in [0, 0.05) is 17.3 Å². The first-order chi connectivity index (χ1) is 7.07. The minimum absolute atomic E-state index is 0.212. The largest absolute Gasteiger partial charge is 0.328 e. The van der Waals surface area contributed by atoms with E-state index in [2.05, 4.69) is 15.9 Å². The molecule has 0 bridgehead atoms. The second kappa shape index (κ2) is 4.52. The van der Waals surface area contributed by atoms with Crippen molar-refractivity contribution in [2.45, 2.75) is 43.8 Å². The van der Waals surface area contributed by atoms with Crippen LogP contribution >= 0.6 is 27.3 Å². The van der Waals surface area contributed by atoms with Gasteiger partial charge in [0.25, 0.3) is 0 Å². The van der Waals surface area contributed by atoms with Gasteiger partial charge in [0.1, 0.15) is 5.67 Å². The fourth-order valence-corrected chi connectivity index (χ4v) is 3.70. The number of nitrogens with two attached hydrogens (primary N) is 1. The van der Waals surface area contributed by atoms with Gasteiger partial charge >= 0.3 is 0 Å². The molecule has 0 unspecified atom stereocenters. The summed E-state index contributed by atoms with van der Waals surface area (Å²) in [5, 5.41) is 0. The van der Waals surface area contributed by atoms with Crippen LogP contribution < -0.4 is 5.73 Å². The van der Waals surface area contributed by atoms with Gasteiger partial charge in [-0.1, -0.05) is 0 Å². The third-order valence-corrected chi connectivity index (χ3v) is 4.67. The molecule has 0 amide bonds. The Morgan fingerprint density at radius 2 is 2.13 bits per heavy atom. The van der Waals surface area contributed by atoms with Crippen LogP contribution in [0.2, 0.25) is 0 Å². The number of hydrogen-bond donors (Lipinski definition) is 1. The predicted octanol–water partition coefficient (Wildman–Crippen LogP) is 3.66. The Kier molecular flexibility index (Phi) is 3.48. The lowest BCUT2D eigenvalue weighted by Crippen LogP contribution is -2.36. The Labute approximate surface area is 102 Å². The summed E-state index contributed by atoms with van der Waals surface area (Å²) in [6.07, 6.45) is 3.43. The standard InChI is InChI=1S/C11H15BrFNS/c12-10-2-1-9(15-10)7-11(13)5-3-8(14)4-6-11/h1-2,8H,3-7,14H2. The summed E-state index contributed by atoms with van der Waals surface area (Å²) in [4.78, 5) is 1.12. The monoisotopic (exact) mass is 291 g/mol. The summed E-state index contributed by atoms with van der Waals surface area (Å²) < 4.78 is 15.5. The van der Waals surface area contributed by atoms with Crippen molar-refractivity contribution in [1.29, 1.82) is 0 Å². The maximum atomic E-state index is 14.4. The number of alkyl halides is 1. The molecule has 4 heteroatoms. The van der Waals surface area contributed by atoms with Crippen LogP contribution in [0.1, 0.15) is 30.6 Å². The van der Waals surface area contributed by atoms with Crippen LogP contribution in [-0.2, 0) is 6.42 Å². The van der Waals surface area contributed by atoms with E-state index in [0.29, 0.717) is 19.3 Å². The molecule has 1 aliphatic rings. The summed E-state index contributed by atoms with van der Waals surface area (Å²) in [6, 6.07) is 4.20. The number of hydrogen-bond acceptors (Lipinski definition) is 2. The van der Waals surface area contributed by atoms with Crippen molar-refractivity contribution in [2.24, 2.45) is 5.73 Å². The first-order valence-corrected chi connectivity index (χ1v) is 6.87. The van der Waals surface area contributed by atoms with Gasteiger partial charge in [-0.3, -0.25) is 0 Å². The zero-order valence-corrected chi connectivity index (χ0v) is 10.9. The fourth-order valence-electron chi connectivity index (χ4n) is 2.09. The van der Waals surface area contributed by atoms with Crippen molar-refractivity contribution in [3.8, 4) is 0 Å². The Morgan fingerprint density at radius 1 is 1.47 bits per heavy atom. The average molecular weight is 292 g/mol. The number of rotatable bonds is 2. The molecule has 1 heterocycles. The molecule has 0 atom stereocenters. The summed E-state index contributed by atoms with van der Waals surface area (Å²) in [5.41, 5.74) is 4.77. The third-order valence-electron chi connectivity index (χ3n) is 3.05. The van der Waals surface area contributed by atoms with E-state index in [9.17, 15) is 4.39 Å². The average Bonchev–Trinajstić information content (AvgIpc) is 2.57. The van der Waals surface area contributed by atoms with Gasteiger partial charge in [0.15, 0.2) is 0 Å². The maximum absolute atomic E-state index is 14.4. The molecule has 0 radical (unpaired) electrons. The molecule has 1 aromatic rings. The van der Waals surface area contributed by atoms with Crippen LogP contribution in [0.3, 0.4) is 0 Å². The Balaban J connectivity index is 1.99. The number of thiophene rings is 1. The summed E-state index contributed by atoms with van der Waals surface area (Å²) in [7, 11) is 0. The molecule has 1 aromatic heterocycles. The van der Waals surface area contributed by atoms with Gasteiger partial charge in [-0.15, -0.1) is 11.3 Å². The van der Waals surface area contributed by atoms with Gasteiger partial charge < -0.3 is 5.73 Å². The van der Waals surface area contributed by atoms with Gasteiger partial charge in [-0.2, -0.15) is 0 Å². The lowest BCUT2D eigenvalue weighted by molar-refractivity contribution is 0.100. The van der Waals surface area contributed by atoms with E-state index in [0.717, 1.165) is 21.5 Å². The second-order valence-electron chi connectivity index (χ2n) is 4.37. The topological polar surface area (TPSA) is 26.0 Å². The van der Waals surface area contributed by atoms with Gasteiger partial charge in [0.2, 0.25) is 0 Å². The molecule has 2 rings (SSSR count). The van der Waals surface area contributed by atoms with Crippen molar-refractivity contribution < 1.29 is 4.39 Å². The maximum Gasteiger partial charge on any atom is 0.116 e. The highest BCUT2D eigenvalue weighted by atomic mass is 79.9. The van der Waals surface area contributed by atoms with Crippen molar-refractivity contribution in [2.75, 3.05) is 0 Å². The lowest BCUT2D eigenvalue weighted by Gasteiger charge is -2.32. The molecular weight excluding hydrogens is 277 g/mol. The van der Waals surface area contributed by atoms with E-state index in [-0.39, 0.29) is 6.04 Å². The Bertz CT molecular complexity index is 331. The van der Waals surface area contributed by atoms with E-state index in [1.54, 1.807) is 11.3 Å². The molecule has 0 aromatic carbocycles. The van der Waals surface area contributed by atoms with E-state index in [1.807, 2.05) is 12.1 Å². The molecule has 0 spiro atoms. The van der Waals surface area contributed by atoms with E-state index < -0.39 is 5.67 Å². The highest BCUT2D eigenvalue weighted by molar-refractivity contribution is 9.11. The molecule has 84 valence electrons. The lowest BCUT2D eigenvalue weighted by atomic mass is 9.81. The number of halogens is 2. The molecule has 2 N–H and O–H groups in total. The van der Waals surface area contributed by atoms with E-state index in [4.69, 9.17) is 5.73 Å². The Morgan fingerprint density at radius 3 is 2.67 bits per heavy atom. The van der Waals surface area contributed by atoms with Gasteiger partial charge in [-0.25, -0.2) is 4.39 Å². The molecular formula is C11H15BrFNS. The Hall–Kier alpha value is 0.0700. The smallest absolute Gasteiger partial charge is 0.116 e. The summed E-state index contributed by atoms with van der Waals surface area (Å²) in [6.45, 7) is 0. The molecule has 15 heavy (non-hydrogen) atoms. The highest BCUT2D eigenvalue weighted by Crippen LogP contribution is 2.36. The van der Waals surface area contributed by atoms with Crippen LogP contribution in [0.4, 0.5) is 4.39 Å². The summed E-state index contributed by atoms with van der Waals surface area (Å²) in [5.74, 6) is 0. The van der Waals surface area contributed by atoms with Gasteiger partial charge in [-0.05, 0) is 53.7 Å². The molecule has 1 aliphatic carbocycles.